The van der Waals surface area contributed by atoms with Crippen LogP contribution in [-0.4, -0.2) is 43.2 Å². The van der Waals surface area contributed by atoms with E-state index in [4.69, 9.17) is 4.74 Å². The SMILES string of the molecule is CNc1ccc([N+](=O)[O-])cc1C(=O)Nc1ccc(N2C[C@@H](C)O[C@H](C)C2)c(F)c1. The minimum Gasteiger partial charge on any atom is -0.387 e. The lowest BCUT2D eigenvalue weighted by Gasteiger charge is -2.37. The Hall–Kier alpha value is -3.20. The number of hydrogen-bond acceptors (Lipinski definition) is 6. The lowest BCUT2D eigenvalue weighted by molar-refractivity contribution is -0.384. The Kier molecular flexibility index (Phi) is 5.97. The Bertz CT molecular complexity index is 927. The van der Waals surface area contributed by atoms with E-state index >= 15 is 0 Å². The molecule has 1 saturated heterocycles. The molecule has 1 fully saturated rings. The van der Waals surface area contributed by atoms with E-state index in [9.17, 15) is 19.3 Å². The highest BCUT2D eigenvalue weighted by Crippen LogP contribution is 2.27. The molecule has 9 heteroatoms. The molecule has 2 N–H and O–H groups in total. The predicted octanol–water partition coefficient (Wildman–Crippen LogP) is 3.64. The summed E-state index contributed by atoms with van der Waals surface area (Å²) in [4.78, 5) is 25.0. The first kappa shape index (κ1) is 20.5. The van der Waals surface area contributed by atoms with E-state index < -0.39 is 16.6 Å². The Morgan fingerprint density at radius 1 is 1.21 bits per heavy atom. The Morgan fingerprint density at radius 3 is 2.48 bits per heavy atom. The zero-order valence-corrected chi connectivity index (χ0v) is 16.4. The number of benzene rings is 2. The van der Waals surface area contributed by atoms with Gasteiger partial charge in [-0.1, -0.05) is 0 Å². The van der Waals surface area contributed by atoms with Crippen LogP contribution < -0.4 is 15.5 Å². The lowest BCUT2D eigenvalue weighted by Crippen LogP contribution is -2.45. The molecular formula is C20H23FN4O4. The molecule has 29 heavy (non-hydrogen) atoms. The topological polar surface area (TPSA) is 96.7 Å². The van der Waals surface area contributed by atoms with Crippen molar-refractivity contribution in [2.45, 2.75) is 26.1 Å². The van der Waals surface area contributed by atoms with Gasteiger partial charge < -0.3 is 20.3 Å². The highest BCUT2D eigenvalue weighted by molar-refractivity contribution is 6.08. The van der Waals surface area contributed by atoms with Gasteiger partial charge in [-0.2, -0.15) is 0 Å². The number of nitrogens with one attached hydrogen (secondary N) is 2. The summed E-state index contributed by atoms with van der Waals surface area (Å²) in [6.07, 6.45) is -0.0160. The fourth-order valence-corrected chi connectivity index (χ4v) is 3.47. The van der Waals surface area contributed by atoms with Gasteiger partial charge in [0.05, 0.1) is 28.4 Å². The maximum absolute atomic E-state index is 14.7. The average molecular weight is 402 g/mol. The highest BCUT2D eigenvalue weighted by atomic mass is 19.1. The molecule has 154 valence electrons. The molecule has 0 saturated carbocycles. The number of carbonyl (C=O) groups is 1. The number of non-ortho nitro benzene ring substituents is 1. The number of anilines is 3. The molecule has 2 aromatic rings. The summed E-state index contributed by atoms with van der Waals surface area (Å²) >= 11 is 0. The molecule has 2 aromatic carbocycles. The minimum atomic E-state index is -0.574. The smallest absolute Gasteiger partial charge is 0.270 e. The Labute approximate surface area is 167 Å². The molecule has 0 unspecified atom stereocenters. The van der Waals surface area contributed by atoms with Crippen molar-refractivity contribution in [1.29, 1.82) is 0 Å². The molecule has 0 aliphatic carbocycles. The number of amides is 1. The van der Waals surface area contributed by atoms with E-state index in [0.717, 1.165) is 0 Å². The van der Waals surface area contributed by atoms with Crippen LogP contribution in [0.25, 0.3) is 0 Å². The summed E-state index contributed by atoms with van der Waals surface area (Å²) in [5.74, 6) is -1.03. The molecule has 3 rings (SSSR count). The first-order valence-corrected chi connectivity index (χ1v) is 9.26. The van der Waals surface area contributed by atoms with Gasteiger partial charge in [-0.3, -0.25) is 14.9 Å². The number of morpholine rings is 1. The van der Waals surface area contributed by atoms with Crippen molar-refractivity contribution in [1.82, 2.24) is 0 Å². The van der Waals surface area contributed by atoms with Crippen molar-refractivity contribution in [2.24, 2.45) is 0 Å². The van der Waals surface area contributed by atoms with Crippen LogP contribution in [0.3, 0.4) is 0 Å². The molecule has 0 bridgehead atoms. The average Bonchev–Trinajstić information content (AvgIpc) is 2.66. The molecule has 0 aromatic heterocycles. The number of carbonyl (C=O) groups excluding carboxylic acids is 1. The van der Waals surface area contributed by atoms with Crippen molar-refractivity contribution in [3.8, 4) is 0 Å². The molecule has 1 amide bonds. The lowest BCUT2D eigenvalue weighted by atomic mass is 10.1. The zero-order valence-electron chi connectivity index (χ0n) is 16.4. The van der Waals surface area contributed by atoms with Crippen molar-refractivity contribution < 1.29 is 18.8 Å². The number of hydrogen-bond donors (Lipinski definition) is 2. The second kappa shape index (κ2) is 8.44. The molecule has 2 atom stereocenters. The van der Waals surface area contributed by atoms with Crippen LogP contribution in [-0.2, 0) is 4.74 Å². The first-order chi connectivity index (χ1) is 13.8. The van der Waals surface area contributed by atoms with E-state index in [1.807, 2.05) is 18.7 Å². The van der Waals surface area contributed by atoms with E-state index in [1.165, 1.54) is 24.3 Å². The number of rotatable bonds is 5. The molecule has 1 aliphatic rings. The third kappa shape index (κ3) is 4.62. The van der Waals surface area contributed by atoms with E-state index in [-0.39, 0.29) is 29.1 Å². The van der Waals surface area contributed by atoms with Gasteiger partial charge in [0.15, 0.2) is 0 Å². The summed E-state index contributed by atoms with van der Waals surface area (Å²) in [5.41, 5.74) is 1.03. The number of nitrogens with zero attached hydrogens (tertiary/aromatic N) is 2. The summed E-state index contributed by atoms with van der Waals surface area (Å²) in [6, 6.07) is 8.41. The summed E-state index contributed by atoms with van der Waals surface area (Å²) < 4.78 is 20.4. The van der Waals surface area contributed by atoms with Gasteiger partial charge in [0.1, 0.15) is 5.82 Å². The van der Waals surface area contributed by atoms with Crippen LogP contribution in [0.15, 0.2) is 36.4 Å². The van der Waals surface area contributed by atoms with Gasteiger partial charge in [-0.05, 0) is 38.1 Å². The van der Waals surface area contributed by atoms with Gasteiger partial charge >= 0.3 is 0 Å². The Morgan fingerprint density at radius 2 is 1.90 bits per heavy atom. The van der Waals surface area contributed by atoms with E-state index in [1.54, 1.807) is 19.2 Å². The predicted molar refractivity (Wildman–Crippen MR) is 109 cm³/mol. The summed E-state index contributed by atoms with van der Waals surface area (Å²) in [5, 5.41) is 16.4. The fourth-order valence-electron chi connectivity index (χ4n) is 3.47. The van der Waals surface area contributed by atoms with Crippen molar-refractivity contribution >= 4 is 28.7 Å². The van der Waals surface area contributed by atoms with Crippen LogP contribution in [0, 0.1) is 15.9 Å². The van der Waals surface area contributed by atoms with Crippen LogP contribution in [0.2, 0.25) is 0 Å². The zero-order chi connectivity index (χ0) is 21.1. The second-order valence-corrected chi connectivity index (χ2v) is 7.02. The van der Waals surface area contributed by atoms with Gasteiger partial charge in [0, 0.05) is 43.6 Å². The summed E-state index contributed by atoms with van der Waals surface area (Å²) in [6.45, 7) is 5.03. The monoisotopic (exact) mass is 402 g/mol. The molecule has 8 nitrogen and oxygen atoms in total. The van der Waals surface area contributed by atoms with E-state index in [2.05, 4.69) is 10.6 Å². The molecule has 1 heterocycles. The number of nitro benzene ring substituents is 1. The largest absolute Gasteiger partial charge is 0.387 e. The maximum Gasteiger partial charge on any atom is 0.270 e. The Balaban J connectivity index is 1.81. The number of halogens is 1. The van der Waals surface area contributed by atoms with Gasteiger partial charge in [-0.25, -0.2) is 4.39 Å². The molecule has 1 aliphatic heterocycles. The van der Waals surface area contributed by atoms with Crippen LogP contribution in [0.5, 0.6) is 0 Å². The molecule has 0 radical (unpaired) electrons. The van der Waals surface area contributed by atoms with Crippen LogP contribution >= 0.6 is 0 Å². The fraction of sp³-hybridized carbons (Fsp3) is 0.350. The van der Waals surface area contributed by atoms with E-state index in [0.29, 0.717) is 24.5 Å². The molecular weight excluding hydrogens is 379 g/mol. The van der Waals surface area contributed by atoms with Crippen molar-refractivity contribution in [3.63, 3.8) is 0 Å². The van der Waals surface area contributed by atoms with Crippen LogP contribution in [0.4, 0.5) is 27.1 Å². The van der Waals surface area contributed by atoms with Gasteiger partial charge in [0.25, 0.3) is 11.6 Å². The number of ether oxygens (including phenoxy) is 1. The number of nitro groups is 1. The summed E-state index contributed by atoms with van der Waals surface area (Å²) in [7, 11) is 1.61. The van der Waals surface area contributed by atoms with Crippen LogP contribution in [0.1, 0.15) is 24.2 Å². The minimum absolute atomic E-state index is 0.00799. The second-order valence-electron chi connectivity index (χ2n) is 7.02. The normalized spacial score (nSPS) is 19.0. The third-order valence-corrected chi connectivity index (χ3v) is 4.69. The van der Waals surface area contributed by atoms with Crippen molar-refractivity contribution in [2.75, 3.05) is 35.7 Å². The maximum atomic E-state index is 14.7. The first-order valence-electron chi connectivity index (χ1n) is 9.26. The van der Waals surface area contributed by atoms with Gasteiger partial charge in [0.2, 0.25) is 0 Å². The molecule has 0 spiro atoms. The highest BCUT2D eigenvalue weighted by Gasteiger charge is 2.24. The van der Waals surface area contributed by atoms with Gasteiger partial charge in [-0.15, -0.1) is 0 Å². The third-order valence-electron chi connectivity index (χ3n) is 4.69. The quantitative estimate of drug-likeness (QED) is 0.585. The standard InChI is InChI=1S/C20H23FN4O4/c1-12-10-24(11-13(2)29-12)19-7-4-14(8-17(19)21)23-20(26)16-9-15(25(27)28)5-6-18(16)22-3/h4-9,12-13,22H,10-11H2,1-3H3,(H,23,26)/t12-,13-/m1/s1. The van der Waals surface area contributed by atoms with Crippen molar-refractivity contribution in [3.05, 3.63) is 57.9 Å².